The molecule has 1 aromatic rings. The number of nitrogens with one attached hydrogen (secondary N) is 1. The maximum Gasteiger partial charge on any atom is 0.338 e. The summed E-state index contributed by atoms with van der Waals surface area (Å²) in [6, 6.07) is 6.24. The number of piperidine rings is 1. The molecule has 3 amide bonds. The van der Waals surface area contributed by atoms with Crippen LogP contribution in [-0.4, -0.2) is 42.5 Å². The summed E-state index contributed by atoms with van der Waals surface area (Å²) >= 11 is 0. The van der Waals surface area contributed by atoms with Gasteiger partial charge in [-0.15, -0.1) is 0 Å². The topological polar surface area (TPSA) is 102 Å². The zero-order valence-corrected chi connectivity index (χ0v) is 13.1. The van der Waals surface area contributed by atoms with Gasteiger partial charge >= 0.3 is 12.0 Å². The predicted octanol–water partition coefficient (Wildman–Crippen LogP) is 1.59. The fraction of sp³-hybridized carbons (Fsp3) is 0.438. The normalized spacial score (nSPS) is 17.4. The second-order valence-corrected chi connectivity index (χ2v) is 5.42. The van der Waals surface area contributed by atoms with Crippen molar-refractivity contribution in [2.75, 3.05) is 25.0 Å². The Morgan fingerprint density at radius 2 is 2.17 bits per heavy atom. The van der Waals surface area contributed by atoms with E-state index in [2.05, 4.69) is 5.32 Å². The highest BCUT2D eigenvalue weighted by Gasteiger charge is 2.27. The van der Waals surface area contributed by atoms with E-state index >= 15 is 0 Å². The molecule has 1 atom stereocenters. The smallest absolute Gasteiger partial charge is 0.338 e. The van der Waals surface area contributed by atoms with Crippen molar-refractivity contribution >= 4 is 23.6 Å². The molecular formula is C16H21N3O4. The van der Waals surface area contributed by atoms with Crippen LogP contribution in [0.25, 0.3) is 0 Å². The SMILES string of the molecule is CCOC(=O)c1cccc(NC(=O)N2CCC[C@@H](C(N)=O)C2)c1. The molecule has 0 radical (unpaired) electrons. The highest BCUT2D eigenvalue weighted by atomic mass is 16.5. The Bertz CT molecular complexity index is 603. The Kier molecular flexibility index (Phi) is 5.56. The molecule has 0 bridgehead atoms. The second kappa shape index (κ2) is 7.62. The van der Waals surface area contributed by atoms with Crippen molar-refractivity contribution in [1.82, 2.24) is 4.90 Å². The Morgan fingerprint density at radius 3 is 2.87 bits per heavy atom. The number of nitrogens with zero attached hydrogens (tertiary/aromatic N) is 1. The number of benzene rings is 1. The van der Waals surface area contributed by atoms with Gasteiger partial charge < -0.3 is 20.7 Å². The quantitative estimate of drug-likeness (QED) is 0.823. The zero-order valence-electron chi connectivity index (χ0n) is 13.1. The van der Waals surface area contributed by atoms with Gasteiger partial charge in [-0.1, -0.05) is 6.07 Å². The van der Waals surface area contributed by atoms with Crippen molar-refractivity contribution in [3.8, 4) is 0 Å². The van der Waals surface area contributed by atoms with E-state index < -0.39 is 5.97 Å². The number of rotatable bonds is 4. The summed E-state index contributed by atoms with van der Waals surface area (Å²) in [6.45, 7) is 2.92. The number of carbonyl (C=O) groups excluding carboxylic acids is 3. The predicted molar refractivity (Wildman–Crippen MR) is 84.9 cm³/mol. The van der Waals surface area contributed by atoms with Crippen molar-refractivity contribution in [1.29, 1.82) is 0 Å². The fourth-order valence-electron chi connectivity index (χ4n) is 2.53. The van der Waals surface area contributed by atoms with E-state index in [-0.39, 0.29) is 24.5 Å². The molecule has 0 spiro atoms. The molecule has 1 aliphatic rings. The second-order valence-electron chi connectivity index (χ2n) is 5.42. The van der Waals surface area contributed by atoms with E-state index in [1.807, 2.05) is 0 Å². The summed E-state index contributed by atoms with van der Waals surface area (Å²) in [5, 5.41) is 2.74. The lowest BCUT2D eigenvalue weighted by Gasteiger charge is -2.31. The number of anilines is 1. The van der Waals surface area contributed by atoms with Crippen LogP contribution in [0.4, 0.5) is 10.5 Å². The van der Waals surface area contributed by atoms with Crippen LogP contribution in [0.2, 0.25) is 0 Å². The molecular weight excluding hydrogens is 298 g/mol. The first kappa shape index (κ1) is 16.8. The minimum atomic E-state index is -0.435. The van der Waals surface area contributed by atoms with E-state index in [0.29, 0.717) is 30.8 Å². The standard InChI is InChI=1S/C16H21N3O4/c1-2-23-15(21)11-5-3-7-13(9-11)18-16(22)19-8-4-6-12(10-19)14(17)20/h3,5,7,9,12H,2,4,6,8,10H2,1H3,(H2,17,20)(H,18,22)/t12-/m1/s1. The molecule has 3 N–H and O–H groups in total. The molecule has 1 fully saturated rings. The van der Waals surface area contributed by atoms with Crippen LogP contribution in [0.15, 0.2) is 24.3 Å². The number of carbonyl (C=O) groups is 3. The molecule has 0 saturated carbocycles. The number of primary amides is 1. The number of hydrogen-bond donors (Lipinski definition) is 2. The Balaban J connectivity index is 2.01. The molecule has 0 aliphatic carbocycles. The molecule has 23 heavy (non-hydrogen) atoms. The van der Waals surface area contributed by atoms with Crippen LogP contribution >= 0.6 is 0 Å². The molecule has 7 nitrogen and oxygen atoms in total. The molecule has 1 aromatic carbocycles. The van der Waals surface area contributed by atoms with Gasteiger partial charge in [-0.05, 0) is 38.0 Å². The summed E-state index contributed by atoms with van der Waals surface area (Å²) in [5.41, 5.74) is 6.19. The van der Waals surface area contributed by atoms with Gasteiger partial charge in [0, 0.05) is 18.8 Å². The van der Waals surface area contributed by atoms with Crippen molar-refractivity contribution < 1.29 is 19.1 Å². The first-order chi connectivity index (χ1) is 11.0. The van der Waals surface area contributed by atoms with Crippen molar-refractivity contribution in [3.63, 3.8) is 0 Å². The van der Waals surface area contributed by atoms with E-state index in [4.69, 9.17) is 10.5 Å². The van der Waals surface area contributed by atoms with Crippen LogP contribution in [-0.2, 0) is 9.53 Å². The van der Waals surface area contributed by atoms with Gasteiger partial charge in [0.25, 0.3) is 0 Å². The zero-order chi connectivity index (χ0) is 16.8. The van der Waals surface area contributed by atoms with Crippen molar-refractivity contribution in [2.45, 2.75) is 19.8 Å². The summed E-state index contributed by atoms with van der Waals surface area (Å²) in [5.74, 6) is -1.12. The number of hydrogen-bond acceptors (Lipinski definition) is 4. The van der Waals surface area contributed by atoms with Crippen LogP contribution in [0, 0.1) is 5.92 Å². The van der Waals surface area contributed by atoms with Gasteiger partial charge in [0.15, 0.2) is 0 Å². The maximum absolute atomic E-state index is 12.3. The Labute approximate surface area is 134 Å². The van der Waals surface area contributed by atoms with Gasteiger partial charge in [-0.2, -0.15) is 0 Å². The third-order valence-electron chi connectivity index (χ3n) is 3.74. The molecule has 0 unspecified atom stereocenters. The fourth-order valence-corrected chi connectivity index (χ4v) is 2.53. The van der Waals surface area contributed by atoms with Crippen LogP contribution in [0.5, 0.6) is 0 Å². The summed E-state index contributed by atoms with van der Waals surface area (Å²) in [7, 11) is 0. The highest BCUT2D eigenvalue weighted by Crippen LogP contribution is 2.18. The van der Waals surface area contributed by atoms with Crippen molar-refractivity contribution in [2.24, 2.45) is 11.7 Å². The molecule has 2 rings (SSSR count). The average molecular weight is 319 g/mol. The van der Waals surface area contributed by atoms with Gasteiger partial charge in [0.2, 0.25) is 5.91 Å². The molecule has 124 valence electrons. The third kappa shape index (κ3) is 4.45. The Hall–Kier alpha value is -2.57. The molecule has 1 heterocycles. The third-order valence-corrected chi connectivity index (χ3v) is 3.74. The van der Waals surface area contributed by atoms with Crippen LogP contribution in [0.3, 0.4) is 0 Å². The number of amides is 3. The largest absolute Gasteiger partial charge is 0.462 e. The monoisotopic (exact) mass is 319 g/mol. The number of ether oxygens (including phenoxy) is 1. The first-order valence-corrected chi connectivity index (χ1v) is 7.63. The summed E-state index contributed by atoms with van der Waals surface area (Å²) in [6.07, 6.45) is 1.45. The summed E-state index contributed by atoms with van der Waals surface area (Å²) < 4.78 is 4.93. The van der Waals surface area contributed by atoms with Gasteiger partial charge in [-0.25, -0.2) is 9.59 Å². The summed E-state index contributed by atoms with van der Waals surface area (Å²) in [4.78, 5) is 36.8. The van der Waals surface area contributed by atoms with Gasteiger partial charge in [0.05, 0.1) is 18.1 Å². The molecule has 7 heteroatoms. The van der Waals surface area contributed by atoms with Gasteiger partial charge in [-0.3, -0.25) is 4.79 Å². The minimum Gasteiger partial charge on any atom is -0.462 e. The van der Waals surface area contributed by atoms with Crippen LogP contribution < -0.4 is 11.1 Å². The van der Waals surface area contributed by atoms with Crippen LogP contribution in [0.1, 0.15) is 30.1 Å². The minimum absolute atomic E-state index is 0.289. The lowest BCUT2D eigenvalue weighted by molar-refractivity contribution is -0.123. The highest BCUT2D eigenvalue weighted by molar-refractivity contribution is 5.94. The number of esters is 1. The average Bonchev–Trinajstić information content (AvgIpc) is 2.55. The van der Waals surface area contributed by atoms with Gasteiger partial charge in [0.1, 0.15) is 0 Å². The van der Waals surface area contributed by atoms with E-state index in [0.717, 1.165) is 6.42 Å². The molecule has 1 saturated heterocycles. The lowest BCUT2D eigenvalue weighted by atomic mass is 9.98. The maximum atomic E-state index is 12.3. The molecule has 0 aromatic heterocycles. The first-order valence-electron chi connectivity index (χ1n) is 7.63. The lowest BCUT2D eigenvalue weighted by Crippen LogP contribution is -2.45. The Morgan fingerprint density at radius 1 is 1.39 bits per heavy atom. The van der Waals surface area contributed by atoms with E-state index in [1.54, 1.807) is 36.1 Å². The number of nitrogens with two attached hydrogens (primary N) is 1. The van der Waals surface area contributed by atoms with Crippen molar-refractivity contribution in [3.05, 3.63) is 29.8 Å². The number of urea groups is 1. The number of likely N-dealkylation sites (tertiary alicyclic amines) is 1. The van der Waals surface area contributed by atoms with E-state index in [9.17, 15) is 14.4 Å². The van der Waals surface area contributed by atoms with E-state index in [1.165, 1.54) is 0 Å². The molecule has 1 aliphatic heterocycles.